The van der Waals surface area contributed by atoms with E-state index in [-0.39, 0.29) is 48.4 Å². The molecule has 13 nitrogen and oxygen atoms in total. The van der Waals surface area contributed by atoms with E-state index >= 15 is 0 Å². The number of nitrogens with zero attached hydrogens (tertiary/aromatic N) is 5. The minimum absolute atomic E-state index is 0.00981. The first kappa shape index (κ1) is 33.5. The molecule has 4 heterocycles. The topological polar surface area (TPSA) is 153 Å². The van der Waals surface area contributed by atoms with Crippen molar-refractivity contribution in [2.75, 3.05) is 47.9 Å². The van der Waals surface area contributed by atoms with E-state index in [1.54, 1.807) is 38.7 Å². The molecule has 1 N–H and O–H groups in total. The predicted octanol–water partition coefficient (Wildman–Crippen LogP) is 4.72. The molecule has 2 aliphatic heterocycles. The van der Waals surface area contributed by atoms with Crippen molar-refractivity contribution in [3.05, 3.63) is 34.5 Å². The summed E-state index contributed by atoms with van der Waals surface area (Å²) in [5, 5.41) is 2.97. The lowest BCUT2D eigenvalue weighted by atomic mass is 10.0. The SMILES string of the molecule is Cc1nc(C2CCN(C(=O)OC(C)(C)C)C2)cc(NC(=O)OC(C)(C)C)c1OCc1c(Cl)ncnc1N1CCS(=O)(=O)CC1. The zero-order valence-corrected chi connectivity index (χ0v) is 27.8. The number of hydrogen-bond donors (Lipinski definition) is 1. The monoisotopic (exact) mass is 652 g/mol. The summed E-state index contributed by atoms with van der Waals surface area (Å²) in [7, 11) is -3.10. The lowest BCUT2D eigenvalue weighted by molar-refractivity contribution is 0.0292. The Morgan fingerprint density at radius 1 is 1.05 bits per heavy atom. The number of rotatable bonds is 6. The van der Waals surface area contributed by atoms with Gasteiger partial charge in [-0.2, -0.15) is 0 Å². The number of sulfone groups is 1. The van der Waals surface area contributed by atoms with Crippen LogP contribution in [0.5, 0.6) is 5.75 Å². The van der Waals surface area contributed by atoms with Gasteiger partial charge in [0.15, 0.2) is 15.6 Å². The lowest BCUT2D eigenvalue weighted by Crippen LogP contribution is -2.41. The van der Waals surface area contributed by atoms with Gasteiger partial charge >= 0.3 is 12.2 Å². The van der Waals surface area contributed by atoms with Crippen molar-refractivity contribution in [3.8, 4) is 5.75 Å². The number of ether oxygens (including phenoxy) is 3. The van der Waals surface area contributed by atoms with Gasteiger partial charge in [-0.1, -0.05) is 11.6 Å². The van der Waals surface area contributed by atoms with Crippen molar-refractivity contribution in [2.24, 2.45) is 0 Å². The number of likely N-dealkylation sites (tertiary alicyclic amines) is 1. The third-order valence-corrected chi connectivity index (χ3v) is 8.87. The average molecular weight is 653 g/mol. The van der Waals surface area contributed by atoms with E-state index < -0.39 is 27.1 Å². The van der Waals surface area contributed by atoms with Gasteiger partial charge in [-0.25, -0.2) is 28.0 Å². The van der Waals surface area contributed by atoms with Gasteiger partial charge < -0.3 is 24.0 Å². The maximum Gasteiger partial charge on any atom is 0.412 e. The molecule has 1 unspecified atom stereocenters. The van der Waals surface area contributed by atoms with Crippen LogP contribution in [0.2, 0.25) is 5.15 Å². The minimum atomic E-state index is -3.10. The minimum Gasteiger partial charge on any atom is -0.485 e. The fourth-order valence-corrected chi connectivity index (χ4v) is 6.31. The Kier molecular flexibility index (Phi) is 9.84. The van der Waals surface area contributed by atoms with Crippen molar-refractivity contribution in [2.45, 2.75) is 78.6 Å². The number of nitrogens with one attached hydrogen (secondary N) is 1. The first-order valence-electron chi connectivity index (χ1n) is 14.5. The van der Waals surface area contributed by atoms with Crippen molar-refractivity contribution in [3.63, 3.8) is 0 Å². The van der Waals surface area contributed by atoms with Crippen molar-refractivity contribution in [1.29, 1.82) is 0 Å². The lowest BCUT2D eigenvalue weighted by Gasteiger charge is -2.29. The van der Waals surface area contributed by atoms with Crippen molar-refractivity contribution < 1.29 is 32.2 Å². The van der Waals surface area contributed by atoms with Crippen LogP contribution in [0, 0.1) is 6.92 Å². The van der Waals surface area contributed by atoms with E-state index in [0.717, 1.165) is 0 Å². The molecule has 44 heavy (non-hydrogen) atoms. The molecule has 2 amide bonds. The molecule has 0 bridgehead atoms. The molecule has 1 atom stereocenters. The van der Waals surface area contributed by atoms with Gasteiger partial charge in [0.2, 0.25) is 0 Å². The molecule has 0 saturated carbocycles. The third-order valence-electron chi connectivity index (χ3n) is 6.93. The highest BCUT2D eigenvalue weighted by Gasteiger charge is 2.33. The zero-order chi connectivity index (χ0) is 32.4. The van der Waals surface area contributed by atoms with Crippen LogP contribution in [0.15, 0.2) is 12.4 Å². The molecule has 2 fully saturated rings. The van der Waals surface area contributed by atoms with E-state index in [9.17, 15) is 18.0 Å². The first-order valence-corrected chi connectivity index (χ1v) is 16.7. The summed E-state index contributed by atoms with van der Waals surface area (Å²) in [4.78, 5) is 42.3. The Morgan fingerprint density at radius 3 is 2.34 bits per heavy atom. The molecule has 0 aliphatic carbocycles. The fourth-order valence-electron chi connectivity index (χ4n) is 4.92. The van der Waals surface area contributed by atoms with Gasteiger partial charge in [-0.15, -0.1) is 0 Å². The quantitative estimate of drug-likeness (QED) is 0.431. The van der Waals surface area contributed by atoms with Gasteiger partial charge in [-0.05, 0) is 61.0 Å². The maximum atomic E-state index is 12.9. The number of hydrogen-bond acceptors (Lipinski definition) is 11. The average Bonchev–Trinajstić information content (AvgIpc) is 3.37. The van der Waals surface area contributed by atoms with Gasteiger partial charge in [-0.3, -0.25) is 10.3 Å². The number of aryl methyl sites for hydroxylation is 1. The molecule has 0 aromatic carbocycles. The molecule has 2 aliphatic rings. The van der Waals surface area contributed by atoms with Crippen molar-refractivity contribution in [1.82, 2.24) is 19.9 Å². The predicted molar refractivity (Wildman–Crippen MR) is 166 cm³/mol. The number of pyridine rings is 1. The highest BCUT2D eigenvalue weighted by Crippen LogP contribution is 2.36. The van der Waals surface area contributed by atoms with Crippen LogP contribution >= 0.6 is 11.6 Å². The third kappa shape index (κ3) is 8.84. The number of anilines is 2. The Morgan fingerprint density at radius 2 is 1.70 bits per heavy atom. The van der Waals surface area contributed by atoms with E-state index in [1.165, 1.54) is 6.33 Å². The molecular formula is C29H41ClN6O7S. The van der Waals surface area contributed by atoms with Crippen LogP contribution < -0.4 is 15.0 Å². The number of halogens is 1. The number of carbonyl (C=O) groups excluding carboxylic acids is 2. The molecule has 2 saturated heterocycles. The van der Waals surface area contributed by atoms with Crippen LogP contribution in [-0.4, -0.2) is 89.3 Å². The van der Waals surface area contributed by atoms with E-state index in [4.69, 9.17) is 30.8 Å². The van der Waals surface area contributed by atoms with Crippen LogP contribution in [0.4, 0.5) is 21.1 Å². The second-order valence-corrected chi connectivity index (χ2v) is 15.6. The highest BCUT2D eigenvalue weighted by atomic mass is 35.5. The summed E-state index contributed by atoms with van der Waals surface area (Å²) in [5.74, 6) is 0.713. The molecule has 4 rings (SSSR count). The summed E-state index contributed by atoms with van der Waals surface area (Å²) in [5.41, 5.74) is 0.665. The molecule has 0 spiro atoms. The van der Waals surface area contributed by atoms with E-state index in [0.29, 0.717) is 53.7 Å². The van der Waals surface area contributed by atoms with Crippen LogP contribution in [0.1, 0.15) is 70.8 Å². The summed E-state index contributed by atoms with van der Waals surface area (Å²) in [6.45, 7) is 13.9. The highest BCUT2D eigenvalue weighted by molar-refractivity contribution is 7.91. The fraction of sp³-hybridized carbons (Fsp3) is 0.621. The van der Waals surface area contributed by atoms with Crippen molar-refractivity contribution >= 4 is 45.1 Å². The molecule has 0 radical (unpaired) electrons. The summed E-state index contributed by atoms with van der Waals surface area (Å²) < 4.78 is 41.2. The summed E-state index contributed by atoms with van der Waals surface area (Å²) in [6.07, 6.45) is 0.942. The maximum absolute atomic E-state index is 12.9. The first-order chi connectivity index (χ1) is 20.4. The van der Waals surface area contributed by atoms with Crippen LogP contribution in [0.3, 0.4) is 0 Å². The standard InChI is InChI=1S/C29H41ClN6O7S/c1-18-23(41-16-20-24(30)31-17-32-25(20)35-10-12-44(39,40)13-11-35)22(34-26(37)42-28(2,3)4)14-21(33-18)19-8-9-36(15-19)27(38)43-29(5,6)7/h14,17,19H,8-13,15-16H2,1-7H3,(H,33,34,37). The smallest absolute Gasteiger partial charge is 0.412 e. The van der Waals surface area contributed by atoms with Gasteiger partial charge in [0, 0.05) is 37.8 Å². The molecule has 242 valence electrons. The van der Waals surface area contributed by atoms with Gasteiger partial charge in [0.1, 0.15) is 35.1 Å². The van der Waals surface area contributed by atoms with E-state index in [1.807, 2.05) is 25.7 Å². The molecular weight excluding hydrogens is 612 g/mol. The largest absolute Gasteiger partial charge is 0.485 e. The molecule has 2 aromatic rings. The normalized spacial score (nSPS) is 18.6. The zero-order valence-electron chi connectivity index (χ0n) is 26.3. The molecule has 2 aromatic heterocycles. The summed E-state index contributed by atoms with van der Waals surface area (Å²) >= 11 is 6.47. The Balaban J connectivity index is 1.60. The Bertz CT molecular complexity index is 1490. The van der Waals surface area contributed by atoms with Crippen LogP contribution in [0.25, 0.3) is 0 Å². The second kappa shape index (κ2) is 12.9. The number of amides is 2. The Hall–Kier alpha value is -3.39. The summed E-state index contributed by atoms with van der Waals surface area (Å²) in [6, 6.07) is 1.73. The van der Waals surface area contributed by atoms with Gasteiger partial charge in [0.25, 0.3) is 0 Å². The second-order valence-electron chi connectivity index (χ2n) is 12.9. The number of carbonyl (C=O) groups is 2. The number of aromatic nitrogens is 3. The Labute approximate surface area is 263 Å². The molecule has 15 heteroatoms. The van der Waals surface area contributed by atoms with Crippen LogP contribution in [-0.2, 0) is 25.9 Å². The van der Waals surface area contributed by atoms with E-state index in [2.05, 4.69) is 15.3 Å². The van der Waals surface area contributed by atoms with Gasteiger partial charge in [0.05, 0.1) is 28.5 Å².